The predicted octanol–water partition coefficient (Wildman–Crippen LogP) is 0.435. The lowest BCUT2D eigenvalue weighted by Crippen LogP contribution is -2.54. The largest absolute Gasteiger partial charge is 0.337 e. The van der Waals surface area contributed by atoms with E-state index in [4.69, 9.17) is 0 Å². The van der Waals surface area contributed by atoms with Crippen molar-refractivity contribution in [3.8, 4) is 0 Å². The summed E-state index contributed by atoms with van der Waals surface area (Å²) in [4.78, 5) is 16.3. The van der Waals surface area contributed by atoms with Crippen LogP contribution in [0.5, 0.6) is 0 Å². The van der Waals surface area contributed by atoms with Gasteiger partial charge in [0.15, 0.2) is 0 Å². The quantitative estimate of drug-likeness (QED) is 0.757. The van der Waals surface area contributed by atoms with Crippen LogP contribution in [0.3, 0.4) is 0 Å². The number of carbonyl (C=O) groups is 1. The highest BCUT2D eigenvalue weighted by Gasteiger charge is 2.35. The number of hydrogen-bond donors (Lipinski definition) is 1. The SMILES string of the molecule is O=C1CCC2CN(CC3CCCCN3)CCN12. The zero-order valence-electron chi connectivity index (χ0n) is 10.5. The average molecular weight is 237 g/mol. The molecule has 4 nitrogen and oxygen atoms in total. The summed E-state index contributed by atoms with van der Waals surface area (Å²) in [7, 11) is 0. The lowest BCUT2D eigenvalue weighted by atomic mass is 10.0. The average Bonchev–Trinajstić information content (AvgIpc) is 2.72. The molecule has 96 valence electrons. The summed E-state index contributed by atoms with van der Waals surface area (Å²) in [6.07, 6.45) is 5.89. The standard InChI is InChI=1S/C13H23N3O/c17-13-5-4-12-10-15(7-8-16(12)13)9-11-3-1-2-6-14-11/h11-12,14H,1-10H2. The molecular weight excluding hydrogens is 214 g/mol. The van der Waals surface area contributed by atoms with Gasteiger partial charge >= 0.3 is 0 Å². The molecule has 0 aromatic heterocycles. The van der Waals surface area contributed by atoms with Crippen molar-refractivity contribution < 1.29 is 4.79 Å². The molecule has 3 aliphatic heterocycles. The minimum Gasteiger partial charge on any atom is -0.337 e. The van der Waals surface area contributed by atoms with Crippen LogP contribution in [0.2, 0.25) is 0 Å². The number of piperazine rings is 1. The number of rotatable bonds is 2. The fourth-order valence-corrected chi connectivity index (χ4v) is 3.49. The van der Waals surface area contributed by atoms with Gasteiger partial charge in [0.25, 0.3) is 0 Å². The van der Waals surface area contributed by atoms with Crippen LogP contribution < -0.4 is 5.32 Å². The zero-order valence-corrected chi connectivity index (χ0v) is 10.5. The lowest BCUT2D eigenvalue weighted by molar-refractivity contribution is -0.130. The molecule has 1 amide bonds. The van der Waals surface area contributed by atoms with E-state index in [0.29, 0.717) is 18.0 Å². The molecule has 4 heteroatoms. The van der Waals surface area contributed by atoms with Crippen LogP contribution in [0.4, 0.5) is 0 Å². The Hall–Kier alpha value is -0.610. The Kier molecular flexibility index (Phi) is 3.34. The summed E-state index contributed by atoms with van der Waals surface area (Å²) in [6.45, 7) is 5.49. The lowest BCUT2D eigenvalue weighted by Gasteiger charge is -2.39. The molecule has 0 aromatic rings. The van der Waals surface area contributed by atoms with Crippen LogP contribution in [0.25, 0.3) is 0 Å². The molecule has 3 fully saturated rings. The van der Waals surface area contributed by atoms with Gasteiger partial charge in [-0.05, 0) is 25.8 Å². The molecule has 2 atom stereocenters. The van der Waals surface area contributed by atoms with Gasteiger partial charge in [0.1, 0.15) is 0 Å². The van der Waals surface area contributed by atoms with Crippen LogP contribution in [-0.2, 0) is 4.79 Å². The van der Waals surface area contributed by atoms with Crippen LogP contribution >= 0.6 is 0 Å². The fourth-order valence-electron chi connectivity index (χ4n) is 3.49. The van der Waals surface area contributed by atoms with Gasteiger partial charge in [-0.25, -0.2) is 0 Å². The van der Waals surface area contributed by atoms with Crippen molar-refractivity contribution in [1.29, 1.82) is 0 Å². The topological polar surface area (TPSA) is 35.6 Å². The van der Waals surface area contributed by atoms with Crippen molar-refractivity contribution in [1.82, 2.24) is 15.1 Å². The first kappa shape index (κ1) is 11.5. The van der Waals surface area contributed by atoms with Gasteiger partial charge in [0.2, 0.25) is 5.91 Å². The van der Waals surface area contributed by atoms with Gasteiger partial charge in [-0.2, -0.15) is 0 Å². The van der Waals surface area contributed by atoms with Gasteiger partial charge in [-0.15, -0.1) is 0 Å². The Morgan fingerprint density at radius 3 is 3.00 bits per heavy atom. The van der Waals surface area contributed by atoms with Gasteiger partial charge in [0, 0.05) is 44.7 Å². The Balaban J connectivity index is 1.51. The molecule has 0 radical (unpaired) electrons. The van der Waals surface area contributed by atoms with E-state index in [-0.39, 0.29) is 0 Å². The number of carbonyl (C=O) groups excluding carboxylic acids is 1. The first-order valence-electron chi connectivity index (χ1n) is 7.08. The van der Waals surface area contributed by atoms with E-state index in [1.807, 2.05) is 0 Å². The minimum absolute atomic E-state index is 0.380. The second-order valence-corrected chi connectivity index (χ2v) is 5.69. The van der Waals surface area contributed by atoms with Crippen molar-refractivity contribution >= 4 is 5.91 Å². The maximum Gasteiger partial charge on any atom is 0.222 e. The van der Waals surface area contributed by atoms with E-state index >= 15 is 0 Å². The molecule has 2 unspecified atom stereocenters. The molecule has 3 rings (SSSR count). The Labute approximate surface area is 103 Å². The second kappa shape index (κ2) is 4.94. The van der Waals surface area contributed by atoms with Crippen molar-refractivity contribution in [2.24, 2.45) is 0 Å². The van der Waals surface area contributed by atoms with Crippen LogP contribution in [0.1, 0.15) is 32.1 Å². The molecule has 0 spiro atoms. The highest BCUT2D eigenvalue weighted by molar-refractivity contribution is 5.78. The Morgan fingerprint density at radius 2 is 2.18 bits per heavy atom. The van der Waals surface area contributed by atoms with Crippen molar-refractivity contribution in [2.75, 3.05) is 32.7 Å². The Bertz CT molecular complexity index is 288. The van der Waals surface area contributed by atoms with E-state index in [0.717, 1.165) is 32.5 Å². The molecule has 0 aliphatic carbocycles. The van der Waals surface area contributed by atoms with Crippen LogP contribution in [0.15, 0.2) is 0 Å². The summed E-state index contributed by atoms with van der Waals surface area (Å²) >= 11 is 0. The summed E-state index contributed by atoms with van der Waals surface area (Å²) < 4.78 is 0. The molecule has 1 N–H and O–H groups in total. The third kappa shape index (κ3) is 2.47. The molecule has 0 aromatic carbocycles. The molecule has 17 heavy (non-hydrogen) atoms. The van der Waals surface area contributed by atoms with Gasteiger partial charge in [0.05, 0.1) is 0 Å². The highest BCUT2D eigenvalue weighted by atomic mass is 16.2. The van der Waals surface area contributed by atoms with Gasteiger partial charge < -0.3 is 10.2 Å². The van der Waals surface area contributed by atoms with E-state index in [2.05, 4.69) is 15.1 Å². The van der Waals surface area contributed by atoms with E-state index in [1.54, 1.807) is 0 Å². The van der Waals surface area contributed by atoms with E-state index < -0.39 is 0 Å². The third-order valence-corrected chi connectivity index (χ3v) is 4.47. The second-order valence-electron chi connectivity index (χ2n) is 5.69. The third-order valence-electron chi connectivity index (χ3n) is 4.47. The molecule has 3 aliphatic rings. The number of nitrogens with zero attached hydrogens (tertiary/aromatic N) is 2. The molecule has 0 bridgehead atoms. The predicted molar refractivity (Wildman–Crippen MR) is 66.8 cm³/mol. The zero-order chi connectivity index (χ0) is 11.7. The summed E-state index contributed by atoms with van der Waals surface area (Å²) in [5.74, 6) is 0.380. The summed E-state index contributed by atoms with van der Waals surface area (Å²) in [5.41, 5.74) is 0. The molecular formula is C13H23N3O. The Morgan fingerprint density at radius 1 is 1.24 bits per heavy atom. The van der Waals surface area contributed by atoms with Crippen molar-refractivity contribution in [3.05, 3.63) is 0 Å². The number of amides is 1. The van der Waals surface area contributed by atoms with Crippen molar-refractivity contribution in [2.45, 2.75) is 44.2 Å². The minimum atomic E-state index is 0.380. The van der Waals surface area contributed by atoms with Crippen molar-refractivity contribution in [3.63, 3.8) is 0 Å². The summed E-state index contributed by atoms with van der Waals surface area (Å²) in [5, 5.41) is 3.61. The van der Waals surface area contributed by atoms with Gasteiger partial charge in [-0.3, -0.25) is 9.69 Å². The molecule has 3 heterocycles. The van der Waals surface area contributed by atoms with Gasteiger partial charge in [-0.1, -0.05) is 6.42 Å². The normalized spacial score (nSPS) is 35.1. The maximum absolute atomic E-state index is 11.6. The van der Waals surface area contributed by atoms with E-state index in [1.165, 1.54) is 32.4 Å². The maximum atomic E-state index is 11.6. The number of nitrogens with one attached hydrogen (secondary N) is 1. The highest BCUT2D eigenvalue weighted by Crippen LogP contribution is 2.23. The smallest absolute Gasteiger partial charge is 0.222 e. The first-order valence-corrected chi connectivity index (χ1v) is 7.08. The monoisotopic (exact) mass is 237 g/mol. The molecule has 0 saturated carbocycles. The first-order chi connectivity index (χ1) is 8.33. The number of fused-ring (bicyclic) bond motifs is 1. The number of piperidine rings is 1. The number of hydrogen-bond acceptors (Lipinski definition) is 3. The summed E-state index contributed by atoms with van der Waals surface area (Å²) in [6, 6.07) is 1.20. The van der Waals surface area contributed by atoms with Crippen LogP contribution in [-0.4, -0.2) is 60.5 Å². The van der Waals surface area contributed by atoms with E-state index in [9.17, 15) is 4.79 Å². The molecule has 3 saturated heterocycles. The van der Waals surface area contributed by atoms with Crippen LogP contribution in [0, 0.1) is 0 Å². The fraction of sp³-hybridized carbons (Fsp3) is 0.923.